The van der Waals surface area contributed by atoms with Crippen molar-refractivity contribution in [2.45, 2.75) is 36.7 Å². The van der Waals surface area contributed by atoms with Gasteiger partial charge in [0.05, 0.1) is 12.2 Å². The van der Waals surface area contributed by atoms with E-state index in [2.05, 4.69) is 31.7 Å². The van der Waals surface area contributed by atoms with Gasteiger partial charge in [-0.15, -0.1) is 0 Å². The van der Waals surface area contributed by atoms with Crippen LogP contribution in [0.25, 0.3) is 0 Å². The van der Waals surface area contributed by atoms with Gasteiger partial charge >= 0.3 is 6.03 Å². The fourth-order valence-corrected chi connectivity index (χ4v) is 5.33. The first-order valence-corrected chi connectivity index (χ1v) is 11.3. The second-order valence-electron chi connectivity index (χ2n) is 6.89. The van der Waals surface area contributed by atoms with Crippen molar-refractivity contribution in [2.75, 3.05) is 13.1 Å². The standard InChI is InChI=1S/C18H24BrN5O3S/c1-13(16-5-3-4-6-17(16)19)21-18(25)22-14-7-9-24(10-8-14)28(26,27)15-11-20-23(2)12-15/h3-6,11-14H,7-10H2,1-2H3,(H2,21,22,25). The first-order chi connectivity index (χ1) is 13.3. The molecule has 1 aromatic carbocycles. The van der Waals surface area contributed by atoms with E-state index in [9.17, 15) is 13.2 Å². The number of halogens is 1. The maximum Gasteiger partial charge on any atom is 0.315 e. The molecule has 1 aliphatic heterocycles. The highest BCUT2D eigenvalue weighted by molar-refractivity contribution is 9.10. The summed E-state index contributed by atoms with van der Waals surface area (Å²) in [4.78, 5) is 12.5. The van der Waals surface area contributed by atoms with E-state index in [1.807, 2.05) is 31.2 Å². The third-order valence-corrected chi connectivity index (χ3v) is 7.40. The lowest BCUT2D eigenvalue weighted by atomic mass is 10.1. The van der Waals surface area contributed by atoms with Gasteiger partial charge in [0.2, 0.25) is 10.0 Å². The number of amides is 2. The fourth-order valence-electron chi connectivity index (χ4n) is 3.25. The van der Waals surface area contributed by atoms with E-state index in [4.69, 9.17) is 0 Å². The average Bonchev–Trinajstić information content (AvgIpc) is 3.09. The number of nitrogens with one attached hydrogen (secondary N) is 2. The summed E-state index contributed by atoms with van der Waals surface area (Å²) in [6.07, 6.45) is 3.99. The monoisotopic (exact) mass is 469 g/mol. The molecule has 0 bridgehead atoms. The molecule has 2 aromatic rings. The molecule has 28 heavy (non-hydrogen) atoms. The number of carbonyl (C=O) groups is 1. The summed E-state index contributed by atoms with van der Waals surface area (Å²) in [5.41, 5.74) is 0.995. The van der Waals surface area contributed by atoms with Crippen LogP contribution in [0.1, 0.15) is 31.4 Å². The molecular formula is C18H24BrN5O3S. The average molecular weight is 470 g/mol. The van der Waals surface area contributed by atoms with Crippen molar-refractivity contribution in [3.8, 4) is 0 Å². The Morgan fingerprint density at radius 2 is 1.96 bits per heavy atom. The normalized spacial score (nSPS) is 17.2. The summed E-state index contributed by atoms with van der Waals surface area (Å²) >= 11 is 3.49. The van der Waals surface area contributed by atoms with Crippen LogP contribution in [0.5, 0.6) is 0 Å². The second-order valence-corrected chi connectivity index (χ2v) is 9.68. The Labute approximate surface area is 173 Å². The SMILES string of the molecule is CC(NC(=O)NC1CCN(S(=O)(=O)c2cnn(C)c2)CC1)c1ccccc1Br. The van der Waals surface area contributed by atoms with Crippen LogP contribution in [0, 0.1) is 0 Å². The highest BCUT2D eigenvalue weighted by Gasteiger charge is 2.30. The van der Waals surface area contributed by atoms with Gasteiger partial charge in [-0.25, -0.2) is 13.2 Å². The molecule has 2 amide bonds. The zero-order valence-electron chi connectivity index (χ0n) is 15.8. The minimum absolute atomic E-state index is 0.0632. The van der Waals surface area contributed by atoms with Gasteiger partial charge in [-0.3, -0.25) is 4.68 Å². The maximum absolute atomic E-state index is 12.6. The number of aromatic nitrogens is 2. The van der Waals surface area contributed by atoms with Crippen LogP contribution in [-0.2, 0) is 17.1 Å². The molecular weight excluding hydrogens is 446 g/mol. The van der Waals surface area contributed by atoms with Gasteiger partial charge < -0.3 is 10.6 Å². The molecule has 0 saturated carbocycles. The molecule has 2 N–H and O–H groups in total. The maximum atomic E-state index is 12.6. The van der Waals surface area contributed by atoms with Crippen molar-refractivity contribution in [1.82, 2.24) is 24.7 Å². The van der Waals surface area contributed by atoms with Crippen LogP contribution in [0.15, 0.2) is 46.0 Å². The molecule has 0 spiro atoms. The Bertz CT molecular complexity index is 938. The second kappa shape index (κ2) is 8.62. The van der Waals surface area contributed by atoms with Crippen LogP contribution in [0.2, 0.25) is 0 Å². The Balaban J connectivity index is 1.51. The number of nitrogens with zero attached hydrogens (tertiary/aromatic N) is 3. The summed E-state index contributed by atoms with van der Waals surface area (Å²) < 4.78 is 29.1. The van der Waals surface area contributed by atoms with Crippen molar-refractivity contribution < 1.29 is 13.2 Å². The molecule has 1 unspecified atom stereocenters. The summed E-state index contributed by atoms with van der Waals surface area (Å²) in [6, 6.07) is 7.27. The van der Waals surface area contributed by atoms with Gasteiger partial charge in [0.1, 0.15) is 4.90 Å². The Morgan fingerprint density at radius 1 is 1.29 bits per heavy atom. The van der Waals surface area contributed by atoms with Gasteiger partial charge in [-0.05, 0) is 31.4 Å². The first-order valence-electron chi connectivity index (χ1n) is 9.07. The van der Waals surface area contributed by atoms with E-state index >= 15 is 0 Å². The van der Waals surface area contributed by atoms with Gasteiger partial charge in [-0.2, -0.15) is 9.40 Å². The number of sulfonamides is 1. The van der Waals surface area contributed by atoms with E-state index < -0.39 is 10.0 Å². The van der Waals surface area contributed by atoms with E-state index in [-0.39, 0.29) is 23.0 Å². The van der Waals surface area contributed by atoms with Gasteiger partial charge in [0.15, 0.2) is 0 Å². The van der Waals surface area contributed by atoms with Crippen LogP contribution in [0.3, 0.4) is 0 Å². The van der Waals surface area contributed by atoms with Crippen molar-refractivity contribution in [3.05, 3.63) is 46.7 Å². The molecule has 1 fully saturated rings. The number of aryl methyl sites for hydroxylation is 1. The van der Waals surface area contributed by atoms with Crippen LogP contribution >= 0.6 is 15.9 Å². The lowest BCUT2D eigenvalue weighted by molar-refractivity contribution is 0.225. The van der Waals surface area contributed by atoms with E-state index in [1.165, 1.54) is 21.4 Å². The summed E-state index contributed by atoms with van der Waals surface area (Å²) in [5.74, 6) is 0. The Hall–Kier alpha value is -1.91. The number of piperidine rings is 1. The van der Waals surface area contributed by atoms with Crippen LogP contribution in [-0.4, -0.2) is 47.7 Å². The molecule has 1 saturated heterocycles. The van der Waals surface area contributed by atoms with E-state index in [0.717, 1.165) is 10.0 Å². The summed E-state index contributed by atoms with van der Waals surface area (Å²) in [7, 11) is -1.85. The highest BCUT2D eigenvalue weighted by atomic mass is 79.9. The predicted octanol–water partition coefficient (Wildman–Crippen LogP) is 2.40. The summed E-state index contributed by atoms with van der Waals surface area (Å²) in [6.45, 7) is 2.65. The lowest BCUT2D eigenvalue weighted by Gasteiger charge is -2.31. The zero-order valence-corrected chi connectivity index (χ0v) is 18.2. The molecule has 1 atom stereocenters. The topological polar surface area (TPSA) is 96.3 Å². The molecule has 8 nitrogen and oxygen atoms in total. The highest BCUT2D eigenvalue weighted by Crippen LogP contribution is 2.23. The van der Waals surface area contributed by atoms with Crippen molar-refractivity contribution >= 4 is 32.0 Å². The zero-order chi connectivity index (χ0) is 20.3. The number of hydrogen-bond donors (Lipinski definition) is 2. The van der Waals surface area contributed by atoms with Gasteiger partial charge in [0.25, 0.3) is 0 Å². The molecule has 0 aliphatic carbocycles. The van der Waals surface area contributed by atoms with Crippen molar-refractivity contribution in [2.24, 2.45) is 7.05 Å². The number of benzene rings is 1. The molecule has 1 aromatic heterocycles. The van der Waals surface area contributed by atoms with Crippen molar-refractivity contribution in [3.63, 3.8) is 0 Å². The third kappa shape index (κ3) is 4.73. The number of hydrogen-bond acceptors (Lipinski definition) is 4. The van der Waals surface area contributed by atoms with E-state index in [1.54, 1.807) is 7.05 Å². The number of carbonyl (C=O) groups excluding carboxylic acids is 1. The Kier molecular flexibility index (Phi) is 6.41. The summed E-state index contributed by atoms with van der Waals surface area (Å²) in [5, 5.41) is 9.82. The first kappa shape index (κ1) is 20.8. The number of rotatable bonds is 5. The molecule has 1 aliphatic rings. The Morgan fingerprint density at radius 3 is 2.57 bits per heavy atom. The molecule has 10 heteroatoms. The van der Waals surface area contributed by atoms with E-state index in [0.29, 0.717) is 25.9 Å². The smallest absolute Gasteiger partial charge is 0.315 e. The molecule has 152 valence electrons. The lowest BCUT2D eigenvalue weighted by Crippen LogP contribution is -2.49. The minimum atomic E-state index is -3.54. The minimum Gasteiger partial charge on any atom is -0.335 e. The largest absolute Gasteiger partial charge is 0.335 e. The van der Waals surface area contributed by atoms with Crippen molar-refractivity contribution in [1.29, 1.82) is 0 Å². The van der Waals surface area contributed by atoms with Crippen LogP contribution in [0.4, 0.5) is 4.79 Å². The van der Waals surface area contributed by atoms with Gasteiger partial charge in [0, 0.05) is 36.8 Å². The molecule has 0 radical (unpaired) electrons. The quantitative estimate of drug-likeness (QED) is 0.702. The predicted molar refractivity (Wildman–Crippen MR) is 109 cm³/mol. The number of urea groups is 1. The third-order valence-electron chi connectivity index (χ3n) is 4.83. The van der Waals surface area contributed by atoms with Crippen LogP contribution < -0.4 is 10.6 Å². The molecule has 3 rings (SSSR count). The fraction of sp³-hybridized carbons (Fsp3) is 0.444. The van der Waals surface area contributed by atoms with Gasteiger partial charge in [-0.1, -0.05) is 34.1 Å². The molecule has 2 heterocycles.